The van der Waals surface area contributed by atoms with Gasteiger partial charge in [0.15, 0.2) is 0 Å². The summed E-state index contributed by atoms with van der Waals surface area (Å²) < 4.78 is 5.29. The van der Waals surface area contributed by atoms with Crippen LogP contribution in [0.15, 0.2) is 10.5 Å². The Morgan fingerprint density at radius 3 is 2.81 bits per heavy atom. The maximum absolute atomic E-state index is 11.7. The van der Waals surface area contributed by atoms with E-state index >= 15 is 0 Å². The number of amides is 2. The molecule has 0 aliphatic carbocycles. The number of hydrogen-bond donors (Lipinski definition) is 3. The Morgan fingerprint density at radius 2 is 2.24 bits per heavy atom. The minimum Gasteiger partial charge on any atom is -0.478 e. The normalized spacial score (nSPS) is 18.7. The smallest absolute Gasteiger partial charge is 0.339 e. The zero-order chi connectivity index (χ0) is 15.4. The van der Waals surface area contributed by atoms with Crippen molar-refractivity contribution in [2.24, 2.45) is 0 Å². The molecule has 1 fully saturated rings. The number of nitrogens with one attached hydrogen (secondary N) is 2. The highest BCUT2D eigenvalue weighted by atomic mass is 16.4. The molecule has 1 aromatic rings. The van der Waals surface area contributed by atoms with Crippen molar-refractivity contribution in [2.45, 2.75) is 32.4 Å². The Kier molecular flexibility index (Phi) is 4.85. The average molecular weight is 295 g/mol. The van der Waals surface area contributed by atoms with Crippen LogP contribution < -0.4 is 10.6 Å². The van der Waals surface area contributed by atoms with E-state index in [-0.39, 0.29) is 18.1 Å². The lowest BCUT2D eigenvalue weighted by atomic mass is 10.2. The predicted molar refractivity (Wildman–Crippen MR) is 76.3 cm³/mol. The van der Waals surface area contributed by atoms with Crippen molar-refractivity contribution in [1.82, 2.24) is 15.5 Å². The molecule has 1 aliphatic rings. The number of likely N-dealkylation sites (N-methyl/N-ethyl adjacent to an activating group) is 1. The van der Waals surface area contributed by atoms with Crippen molar-refractivity contribution in [3.63, 3.8) is 0 Å². The third-order valence-electron chi connectivity index (χ3n) is 3.79. The molecule has 1 unspecified atom stereocenters. The number of carbonyl (C=O) groups excluding carboxylic acids is 1. The molecule has 0 spiro atoms. The second-order valence-electron chi connectivity index (χ2n) is 5.33. The molecule has 1 aromatic heterocycles. The van der Waals surface area contributed by atoms with Crippen molar-refractivity contribution < 1.29 is 19.1 Å². The van der Waals surface area contributed by atoms with E-state index in [9.17, 15) is 9.59 Å². The van der Waals surface area contributed by atoms with E-state index < -0.39 is 5.97 Å². The van der Waals surface area contributed by atoms with Gasteiger partial charge in [0.1, 0.15) is 17.1 Å². The van der Waals surface area contributed by atoms with Crippen molar-refractivity contribution >= 4 is 12.0 Å². The number of aromatic carboxylic acids is 1. The number of carbonyl (C=O) groups is 2. The SMILES string of the molecule is Cc1oc(CNC(=O)NCC2CCCN2C)cc1C(=O)O. The molecule has 1 aliphatic heterocycles. The van der Waals surface area contributed by atoms with Gasteiger partial charge in [-0.2, -0.15) is 0 Å². The summed E-state index contributed by atoms with van der Waals surface area (Å²) in [7, 11) is 2.05. The van der Waals surface area contributed by atoms with Gasteiger partial charge in [0.25, 0.3) is 0 Å². The molecule has 0 saturated carbocycles. The molecule has 21 heavy (non-hydrogen) atoms. The van der Waals surface area contributed by atoms with Gasteiger partial charge in [-0.15, -0.1) is 0 Å². The first kappa shape index (κ1) is 15.4. The van der Waals surface area contributed by atoms with Gasteiger partial charge in [-0.25, -0.2) is 9.59 Å². The van der Waals surface area contributed by atoms with Crippen molar-refractivity contribution in [3.8, 4) is 0 Å². The Labute approximate surface area is 123 Å². The van der Waals surface area contributed by atoms with Crippen LogP contribution in [0, 0.1) is 6.92 Å². The lowest BCUT2D eigenvalue weighted by Gasteiger charge is -2.19. The highest BCUT2D eigenvalue weighted by Gasteiger charge is 2.21. The van der Waals surface area contributed by atoms with E-state index in [1.807, 2.05) is 0 Å². The Balaban J connectivity index is 1.76. The first-order chi connectivity index (χ1) is 9.97. The summed E-state index contributed by atoms with van der Waals surface area (Å²) in [6, 6.07) is 1.55. The highest BCUT2D eigenvalue weighted by molar-refractivity contribution is 5.88. The van der Waals surface area contributed by atoms with Gasteiger partial charge in [0, 0.05) is 12.6 Å². The van der Waals surface area contributed by atoms with Crippen LogP contribution in [0.4, 0.5) is 4.79 Å². The number of aryl methyl sites for hydroxylation is 1. The lowest BCUT2D eigenvalue weighted by molar-refractivity contribution is 0.0695. The molecule has 116 valence electrons. The van der Waals surface area contributed by atoms with Gasteiger partial charge in [-0.3, -0.25) is 0 Å². The number of nitrogens with zero attached hydrogens (tertiary/aromatic N) is 1. The van der Waals surface area contributed by atoms with E-state index in [0.29, 0.717) is 24.1 Å². The molecule has 1 atom stereocenters. The maximum Gasteiger partial charge on any atom is 0.339 e. The maximum atomic E-state index is 11.7. The molecule has 2 heterocycles. The molecular weight excluding hydrogens is 274 g/mol. The third kappa shape index (κ3) is 3.98. The van der Waals surface area contributed by atoms with Crippen molar-refractivity contribution in [2.75, 3.05) is 20.1 Å². The molecule has 7 nitrogen and oxygen atoms in total. The van der Waals surface area contributed by atoms with Crippen LogP contribution in [-0.4, -0.2) is 48.2 Å². The molecule has 2 rings (SSSR count). The number of hydrogen-bond acceptors (Lipinski definition) is 4. The summed E-state index contributed by atoms with van der Waals surface area (Å²) in [6.45, 7) is 3.43. The van der Waals surface area contributed by atoms with Crippen LogP contribution in [0.5, 0.6) is 0 Å². The Bertz CT molecular complexity index is 526. The second-order valence-corrected chi connectivity index (χ2v) is 5.33. The molecular formula is C14H21N3O4. The van der Waals surface area contributed by atoms with Crippen LogP contribution >= 0.6 is 0 Å². The number of carboxylic acid groups (broad SMARTS) is 1. The molecule has 1 saturated heterocycles. The van der Waals surface area contributed by atoms with E-state index in [1.165, 1.54) is 6.07 Å². The van der Waals surface area contributed by atoms with Crippen LogP contribution in [0.1, 0.15) is 34.7 Å². The summed E-state index contributed by atoms with van der Waals surface area (Å²) in [5.41, 5.74) is 0.125. The third-order valence-corrected chi connectivity index (χ3v) is 3.79. The van der Waals surface area contributed by atoms with E-state index in [4.69, 9.17) is 9.52 Å². The highest BCUT2D eigenvalue weighted by Crippen LogP contribution is 2.15. The topological polar surface area (TPSA) is 94.8 Å². The number of rotatable bonds is 5. The lowest BCUT2D eigenvalue weighted by Crippen LogP contribution is -2.42. The van der Waals surface area contributed by atoms with E-state index in [0.717, 1.165) is 19.4 Å². The molecule has 0 bridgehead atoms. The van der Waals surface area contributed by atoms with Crippen molar-refractivity contribution in [1.29, 1.82) is 0 Å². The number of urea groups is 1. The largest absolute Gasteiger partial charge is 0.478 e. The minimum absolute atomic E-state index is 0.125. The fourth-order valence-corrected chi connectivity index (χ4v) is 2.52. The number of carboxylic acids is 1. The standard InChI is InChI=1S/C14H21N3O4/c1-9-12(13(18)19)6-11(21-9)8-16-14(20)15-7-10-4-3-5-17(10)2/h6,10H,3-5,7-8H2,1-2H3,(H,18,19)(H2,15,16,20). The zero-order valence-corrected chi connectivity index (χ0v) is 12.3. The quantitative estimate of drug-likeness (QED) is 0.758. The summed E-state index contributed by atoms with van der Waals surface area (Å²) in [4.78, 5) is 24.8. The monoisotopic (exact) mass is 295 g/mol. The first-order valence-corrected chi connectivity index (χ1v) is 7.02. The summed E-state index contributed by atoms with van der Waals surface area (Å²) in [5.74, 6) is -0.262. The fraction of sp³-hybridized carbons (Fsp3) is 0.571. The fourth-order valence-electron chi connectivity index (χ4n) is 2.52. The molecule has 0 aromatic carbocycles. The average Bonchev–Trinajstić information content (AvgIpc) is 3.00. The zero-order valence-electron chi connectivity index (χ0n) is 12.3. The number of likely N-dealkylation sites (tertiary alicyclic amines) is 1. The van der Waals surface area contributed by atoms with E-state index in [2.05, 4.69) is 22.6 Å². The predicted octanol–water partition coefficient (Wildman–Crippen LogP) is 1.18. The van der Waals surface area contributed by atoms with Gasteiger partial charge in [0.05, 0.1) is 6.54 Å². The Hall–Kier alpha value is -2.02. The molecule has 2 amide bonds. The number of furan rings is 1. The van der Waals surface area contributed by atoms with Crippen LogP contribution in [0.2, 0.25) is 0 Å². The van der Waals surface area contributed by atoms with Gasteiger partial charge in [-0.05, 0) is 39.4 Å². The summed E-state index contributed by atoms with van der Waals surface area (Å²) in [5, 5.41) is 14.4. The van der Waals surface area contributed by atoms with Gasteiger partial charge >= 0.3 is 12.0 Å². The van der Waals surface area contributed by atoms with Crippen LogP contribution in [0.3, 0.4) is 0 Å². The molecule has 3 N–H and O–H groups in total. The second kappa shape index (κ2) is 6.62. The van der Waals surface area contributed by atoms with E-state index in [1.54, 1.807) is 6.92 Å². The van der Waals surface area contributed by atoms with Crippen LogP contribution in [0.25, 0.3) is 0 Å². The first-order valence-electron chi connectivity index (χ1n) is 7.02. The molecule has 7 heteroatoms. The minimum atomic E-state index is -1.03. The van der Waals surface area contributed by atoms with Crippen LogP contribution in [-0.2, 0) is 6.54 Å². The van der Waals surface area contributed by atoms with Crippen molar-refractivity contribution in [3.05, 3.63) is 23.2 Å². The Morgan fingerprint density at radius 1 is 1.48 bits per heavy atom. The van der Waals surface area contributed by atoms with Gasteiger partial charge in [-0.1, -0.05) is 0 Å². The summed E-state index contributed by atoms with van der Waals surface area (Å²) >= 11 is 0. The van der Waals surface area contributed by atoms with Gasteiger partial charge < -0.3 is 25.1 Å². The molecule has 0 radical (unpaired) electrons. The summed E-state index contributed by atoms with van der Waals surface area (Å²) in [6.07, 6.45) is 2.25. The van der Waals surface area contributed by atoms with Gasteiger partial charge in [0.2, 0.25) is 0 Å².